The van der Waals surface area contributed by atoms with Crippen LogP contribution in [0.1, 0.15) is 12.5 Å². The van der Waals surface area contributed by atoms with Crippen molar-refractivity contribution in [1.82, 2.24) is 9.88 Å². The van der Waals surface area contributed by atoms with E-state index in [1.165, 1.54) is 18.3 Å². The van der Waals surface area contributed by atoms with Gasteiger partial charge in [-0.2, -0.15) is 0 Å². The molecule has 1 aliphatic heterocycles. The van der Waals surface area contributed by atoms with Crippen LogP contribution in [0.3, 0.4) is 0 Å². The van der Waals surface area contributed by atoms with E-state index < -0.39 is 9.84 Å². The molecule has 0 atom stereocenters. The van der Waals surface area contributed by atoms with Crippen molar-refractivity contribution in [3.05, 3.63) is 47.9 Å². The number of piperazine rings is 1. The number of sulfone groups is 1. The monoisotopic (exact) mass is 392 g/mol. The average molecular weight is 393 g/mol. The molecular weight excluding hydrogens is 367 g/mol. The van der Waals surface area contributed by atoms with E-state index in [1.807, 2.05) is 6.07 Å². The molecule has 0 saturated carbocycles. The first-order valence-corrected chi connectivity index (χ1v) is 10.9. The molecule has 0 unspecified atom stereocenters. The fraction of sp³-hybridized carbons (Fsp3) is 0.421. The molecular formula is C19H25FN4O2S. The number of benzene rings is 1. The predicted octanol–water partition coefficient (Wildman–Crippen LogP) is 2.38. The van der Waals surface area contributed by atoms with Crippen LogP contribution in [0.15, 0.2) is 41.4 Å². The predicted molar refractivity (Wildman–Crippen MR) is 105 cm³/mol. The van der Waals surface area contributed by atoms with Gasteiger partial charge in [0.05, 0.1) is 5.69 Å². The molecule has 27 heavy (non-hydrogen) atoms. The summed E-state index contributed by atoms with van der Waals surface area (Å²) < 4.78 is 38.3. The van der Waals surface area contributed by atoms with Crippen molar-refractivity contribution >= 4 is 21.3 Å². The number of pyridine rings is 1. The molecule has 3 rings (SSSR count). The zero-order chi connectivity index (χ0) is 19.4. The lowest BCUT2D eigenvalue weighted by Crippen LogP contribution is -2.46. The fourth-order valence-electron chi connectivity index (χ4n) is 3.23. The van der Waals surface area contributed by atoms with Crippen molar-refractivity contribution in [2.75, 3.05) is 49.2 Å². The number of aromatic nitrogens is 1. The highest BCUT2D eigenvalue weighted by Crippen LogP contribution is 2.23. The van der Waals surface area contributed by atoms with Crippen LogP contribution in [-0.2, 0) is 16.4 Å². The van der Waals surface area contributed by atoms with Crippen LogP contribution in [0.2, 0.25) is 0 Å². The molecule has 146 valence electrons. The van der Waals surface area contributed by atoms with E-state index in [-0.39, 0.29) is 16.5 Å². The van der Waals surface area contributed by atoms with E-state index in [2.05, 4.69) is 27.0 Å². The van der Waals surface area contributed by atoms with Gasteiger partial charge in [0.2, 0.25) is 0 Å². The maximum atomic E-state index is 14.6. The van der Waals surface area contributed by atoms with Crippen molar-refractivity contribution in [2.45, 2.75) is 18.4 Å². The molecule has 1 aliphatic rings. The minimum atomic E-state index is -3.38. The van der Waals surface area contributed by atoms with Gasteiger partial charge in [0, 0.05) is 45.2 Å². The van der Waals surface area contributed by atoms with Crippen LogP contribution in [-0.4, -0.2) is 57.3 Å². The molecule has 0 bridgehead atoms. The van der Waals surface area contributed by atoms with Gasteiger partial charge in [0.15, 0.2) is 9.84 Å². The summed E-state index contributed by atoms with van der Waals surface area (Å²) in [5.41, 5.74) is 1.35. The lowest BCUT2D eigenvalue weighted by molar-refractivity contribution is 0.270. The van der Waals surface area contributed by atoms with Gasteiger partial charge in [-0.05, 0) is 36.4 Å². The van der Waals surface area contributed by atoms with E-state index in [0.717, 1.165) is 44.5 Å². The summed E-state index contributed by atoms with van der Waals surface area (Å²) in [5, 5.41) is 3.00. The van der Waals surface area contributed by atoms with Crippen molar-refractivity contribution in [1.29, 1.82) is 0 Å². The average Bonchev–Trinajstić information content (AvgIpc) is 2.66. The minimum Gasteiger partial charge on any atom is -0.367 e. The van der Waals surface area contributed by atoms with Gasteiger partial charge in [0.25, 0.3) is 0 Å². The summed E-state index contributed by atoms with van der Waals surface area (Å²) in [7, 11) is -3.38. The highest BCUT2D eigenvalue weighted by Gasteiger charge is 2.19. The lowest BCUT2D eigenvalue weighted by Gasteiger charge is -2.35. The Labute approximate surface area is 159 Å². The number of nitrogens with zero attached hydrogens (tertiary/aromatic N) is 3. The third kappa shape index (κ3) is 4.75. The van der Waals surface area contributed by atoms with Gasteiger partial charge >= 0.3 is 0 Å². The summed E-state index contributed by atoms with van der Waals surface area (Å²) in [6.45, 7) is 6.95. The number of likely N-dealkylation sites (N-methyl/N-ethyl adjacent to an activating group) is 1. The normalized spacial score (nSPS) is 15.7. The minimum absolute atomic E-state index is 0.135. The third-order valence-electron chi connectivity index (χ3n) is 4.80. The number of anilines is 2. The van der Waals surface area contributed by atoms with Crippen molar-refractivity contribution in [2.24, 2.45) is 0 Å². The zero-order valence-electron chi connectivity index (χ0n) is 15.7. The first-order chi connectivity index (χ1) is 12.9. The Kier molecular flexibility index (Phi) is 5.96. The molecule has 1 aromatic heterocycles. The second kappa shape index (κ2) is 8.22. The Bertz CT molecular complexity index is 896. The first kappa shape index (κ1) is 19.6. The largest absolute Gasteiger partial charge is 0.367 e. The number of nitrogens with one attached hydrogen (secondary N) is 1. The van der Waals surface area contributed by atoms with E-state index in [0.29, 0.717) is 12.2 Å². The quantitative estimate of drug-likeness (QED) is 0.814. The number of rotatable bonds is 6. The topological polar surface area (TPSA) is 65.5 Å². The number of hydrogen-bond acceptors (Lipinski definition) is 6. The fourth-order valence-corrected chi connectivity index (χ4v) is 4.03. The van der Waals surface area contributed by atoms with Crippen LogP contribution in [0, 0.1) is 5.82 Å². The van der Waals surface area contributed by atoms with Crippen molar-refractivity contribution in [3.8, 4) is 0 Å². The lowest BCUT2D eigenvalue weighted by atomic mass is 10.1. The highest BCUT2D eigenvalue weighted by molar-refractivity contribution is 7.90. The van der Waals surface area contributed by atoms with Gasteiger partial charge < -0.3 is 15.1 Å². The SMILES string of the molecule is CCN1CCN(c2ccc(CNc3ncccc3S(C)(=O)=O)cc2F)CC1. The van der Waals surface area contributed by atoms with Gasteiger partial charge in [-0.3, -0.25) is 0 Å². The summed E-state index contributed by atoms with van der Waals surface area (Å²) in [5.74, 6) is 0.0174. The molecule has 1 N–H and O–H groups in total. The second-order valence-electron chi connectivity index (χ2n) is 6.68. The van der Waals surface area contributed by atoms with Gasteiger partial charge in [-0.1, -0.05) is 13.0 Å². The van der Waals surface area contributed by atoms with E-state index in [9.17, 15) is 12.8 Å². The van der Waals surface area contributed by atoms with Gasteiger partial charge in [-0.25, -0.2) is 17.8 Å². The molecule has 0 amide bonds. The second-order valence-corrected chi connectivity index (χ2v) is 8.67. The molecule has 6 nitrogen and oxygen atoms in total. The summed E-state index contributed by atoms with van der Waals surface area (Å²) in [6.07, 6.45) is 2.67. The highest BCUT2D eigenvalue weighted by atomic mass is 32.2. The van der Waals surface area contributed by atoms with Crippen LogP contribution in [0.5, 0.6) is 0 Å². The Morgan fingerprint density at radius 3 is 2.56 bits per heavy atom. The smallest absolute Gasteiger partial charge is 0.179 e. The van der Waals surface area contributed by atoms with E-state index in [4.69, 9.17) is 0 Å². The zero-order valence-corrected chi connectivity index (χ0v) is 16.5. The number of hydrogen-bond donors (Lipinski definition) is 1. The molecule has 1 saturated heterocycles. The molecule has 0 aliphatic carbocycles. The molecule has 0 radical (unpaired) electrons. The van der Waals surface area contributed by atoms with E-state index >= 15 is 0 Å². The van der Waals surface area contributed by atoms with E-state index in [1.54, 1.807) is 12.1 Å². The van der Waals surface area contributed by atoms with Gasteiger partial charge in [-0.15, -0.1) is 0 Å². The maximum absolute atomic E-state index is 14.6. The number of halogens is 1. The van der Waals surface area contributed by atoms with Crippen LogP contribution in [0.25, 0.3) is 0 Å². The first-order valence-electron chi connectivity index (χ1n) is 9.03. The van der Waals surface area contributed by atoms with Crippen LogP contribution in [0.4, 0.5) is 15.9 Å². The van der Waals surface area contributed by atoms with Crippen LogP contribution < -0.4 is 10.2 Å². The standard InChI is InChI=1S/C19H25FN4O2S/c1-3-23-9-11-24(12-10-23)17-7-6-15(13-16(17)20)14-22-19-18(27(2,25)26)5-4-8-21-19/h4-8,13H,3,9-12,14H2,1-2H3,(H,21,22). The summed E-state index contributed by atoms with van der Waals surface area (Å²) >= 11 is 0. The van der Waals surface area contributed by atoms with Gasteiger partial charge in [0.1, 0.15) is 16.5 Å². The van der Waals surface area contributed by atoms with Crippen LogP contribution >= 0.6 is 0 Å². The third-order valence-corrected chi connectivity index (χ3v) is 5.93. The Morgan fingerprint density at radius 2 is 1.93 bits per heavy atom. The summed E-state index contributed by atoms with van der Waals surface area (Å²) in [4.78, 5) is 8.64. The molecule has 8 heteroatoms. The molecule has 0 spiro atoms. The molecule has 2 aromatic rings. The molecule has 1 aromatic carbocycles. The maximum Gasteiger partial charge on any atom is 0.179 e. The Morgan fingerprint density at radius 1 is 1.19 bits per heavy atom. The molecule has 2 heterocycles. The van der Waals surface area contributed by atoms with Crippen molar-refractivity contribution < 1.29 is 12.8 Å². The molecule has 1 fully saturated rings. The summed E-state index contributed by atoms with van der Waals surface area (Å²) in [6, 6.07) is 8.24. The van der Waals surface area contributed by atoms with Crippen molar-refractivity contribution in [3.63, 3.8) is 0 Å². The Balaban J connectivity index is 1.69. The Hall–Kier alpha value is -2.19.